The van der Waals surface area contributed by atoms with E-state index in [2.05, 4.69) is 21.3 Å². The molecule has 136 valence electrons. The highest BCUT2D eigenvalue weighted by Crippen LogP contribution is 2.47. The van der Waals surface area contributed by atoms with Gasteiger partial charge in [0.1, 0.15) is 11.8 Å². The fourth-order valence-electron chi connectivity index (χ4n) is 4.39. The molecule has 2 bridgehead atoms. The lowest BCUT2D eigenvalue weighted by atomic mass is 9.80. The summed E-state index contributed by atoms with van der Waals surface area (Å²) in [6.45, 7) is 4.87. The number of ether oxygens (including phenoxy) is 1. The zero-order valence-electron chi connectivity index (χ0n) is 15.1. The van der Waals surface area contributed by atoms with Crippen molar-refractivity contribution in [1.29, 1.82) is 0 Å². The molecule has 3 aliphatic rings. The molecule has 3 heterocycles. The molecular formula is C19H26N2O3S. The molecule has 25 heavy (non-hydrogen) atoms. The highest BCUT2D eigenvalue weighted by molar-refractivity contribution is 7.92. The Morgan fingerprint density at radius 2 is 2.12 bits per heavy atom. The second kappa shape index (κ2) is 6.82. The van der Waals surface area contributed by atoms with E-state index in [0.717, 1.165) is 38.0 Å². The molecule has 0 N–H and O–H groups in total. The summed E-state index contributed by atoms with van der Waals surface area (Å²) < 4.78 is 13.5. The van der Waals surface area contributed by atoms with Crippen LogP contribution in [0.3, 0.4) is 0 Å². The van der Waals surface area contributed by atoms with Crippen LogP contribution in [-0.4, -0.2) is 47.0 Å². The standard InChI is InChI=1S/C19H26N2O3S/c1-12(2)24-25-21-16-5-4-6-17(21)19(22)20-10-9-13-11-14(23-3)7-8-15(13)18(16)20/h7-8,11-12,16-18H,4-6,9-10H2,1-3H3. The van der Waals surface area contributed by atoms with Gasteiger partial charge in [-0.1, -0.05) is 6.07 Å². The molecule has 4 rings (SSSR count). The van der Waals surface area contributed by atoms with E-state index in [1.165, 1.54) is 23.4 Å². The van der Waals surface area contributed by atoms with Crippen LogP contribution in [0.25, 0.3) is 0 Å². The number of piperidine rings is 1. The summed E-state index contributed by atoms with van der Waals surface area (Å²) in [4.78, 5) is 15.3. The third-order valence-electron chi connectivity index (χ3n) is 5.49. The van der Waals surface area contributed by atoms with Crippen LogP contribution in [0.15, 0.2) is 18.2 Å². The number of hydrogen-bond acceptors (Lipinski definition) is 5. The molecule has 5 nitrogen and oxygen atoms in total. The molecule has 3 unspecified atom stereocenters. The molecule has 1 aromatic rings. The number of hydrogen-bond donors (Lipinski definition) is 0. The summed E-state index contributed by atoms with van der Waals surface area (Å²) in [5.41, 5.74) is 2.59. The third kappa shape index (κ3) is 2.94. The highest BCUT2D eigenvalue weighted by atomic mass is 32.2. The number of amides is 1. The van der Waals surface area contributed by atoms with Gasteiger partial charge in [0, 0.05) is 12.6 Å². The molecule has 1 amide bonds. The van der Waals surface area contributed by atoms with E-state index in [1.807, 2.05) is 19.9 Å². The van der Waals surface area contributed by atoms with E-state index in [4.69, 9.17) is 8.92 Å². The first-order valence-electron chi connectivity index (χ1n) is 9.19. The van der Waals surface area contributed by atoms with Gasteiger partial charge in [-0.2, -0.15) is 0 Å². The number of carbonyl (C=O) groups excluding carboxylic acids is 1. The van der Waals surface area contributed by atoms with Crippen molar-refractivity contribution < 1.29 is 13.7 Å². The molecule has 6 heteroatoms. The molecule has 0 saturated carbocycles. The van der Waals surface area contributed by atoms with Gasteiger partial charge in [-0.15, -0.1) is 0 Å². The van der Waals surface area contributed by atoms with Crippen molar-refractivity contribution >= 4 is 18.1 Å². The average molecular weight is 362 g/mol. The number of fused-ring (bicyclic) bond motifs is 6. The van der Waals surface area contributed by atoms with Gasteiger partial charge in [-0.3, -0.25) is 8.98 Å². The summed E-state index contributed by atoms with van der Waals surface area (Å²) in [6.07, 6.45) is 4.19. The lowest BCUT2D eigenvalue weighted by Gasteiger charge is -2.54. The Morgan fingerprint density at radius 3 is 2.88 bits per heavy atom. The molecule has 3 aliphatic heterocycles. The quantitative estimate of drug-likeness (QED) is 0.607. The Kier molecular flexibility index (Phi) is 4.69. The van der Waals surface area contributed by atoms with Crippen molar-refractivity contribution in [3.63, 3.8) is 0 Å². The van der Waals surface area contributed by atoms with Crippen LogP contribution < -0.4 is 4.74 Å². The molecular weight excluding hydrogens is 336 g/mol. The lowest BCUT2D eigenvalue weighted by molar-refractivity contribution is -0.149. The van der Waals surface area contributed by atoms with Crippen LogP contribution in [0.1, 0.15) is 50.3 Å². The van der Waals surface area contributed by atoms with Gasteiger partial charge in [-0.25, -0.2) is 4.31 Å². The Labute approximate surface area is 154 Å². The Bertz CT molecular complexity index is 666. The molecule has 0 aromatic heterocycles. The van der Waals surface area contributed by atoms with Gasteiger partial charge in [-0.05, 0) is 62.8 Å². The SMILES string of the molecule is COc1ccc2c(c1)CCN1C(=O)C3CCCC(C21)N3SOC(C)C. The zero-order chi connectivity index (χ0) is 17.6. The third-order valence-corrected chi connectivity index (χ3v) is 6.66. The summed E-state index contributed by atoms with van der Waals surface area (Å²) in [5.74, 6) is 1.16. The van der Waals surface area contributed by atoms with E-state index >= 15 is 0 Å². The lowest BCUT2D eigenvalue weighted by Crippen LogP contribution is -2.64. The van der Waals surface area contributed by atoms with E-state index in [0.29, 0.717) is 6.04 Å². The molecule has 3 atom stereocenters. The van der Waals surface area contributed by atoms with Crippen LogP contribution >= 0.6 is 12.2 Å². The number of nitrogens with zero attached hydrogens (tertiary/aromatic N) is 2. The average Bonchev–Trinajstić information content (AvgIpc) is 2.63. The fraction of sp³-hybridized carbons (Fsp3) is 0.632. The zero-order valence-corrected chi connectivity index (χ0v) is 15.9. The van der Waals surface area contributed by atoms with Crippen LogP contribution in [-0.2, 0) is 15.4 Å². The minimum atomic E-state index is -0.0430. The molecule has 0 aliphatic carbocycles. The maximum absolute atomic E-state index is 13.1. The number of rotatable bonds is 4. The topological polar surface area (TPSA) is 42.0 Å². The fourth-order valence-corrected chi connectivity index (χ4v) is 5.30. The first-order chi connectivity index (χ1) is 12.1. The monoisotopic (exact) mass is 362 g/mol. The normalized spacial score (nSPS) is 28.7. The predicted octanol–water partition coefficient (Wildman–Crippen LogP) is 3.35. The van der Waals surface area contributed by atoms with Crippen LogP contribution in [0.5, 0.6) is 5.75 Å². The van der Waals surface area contributed by atoms with Gasteiger partial charge < -0.3 is 9.64 Å². The van der Waals surface area contributed by atoms with Gasteiger partial charge >= 0.3 is 0 Å². The van der Waals surface area contributed by atoms with Crippen molar-refractivity contribution in [2.75, 3.05) is 13.7 Å². The molecule has 1 aromatic carbocycles. The van der Waals surface area contributed by atoms with Gasteiger partial charge in [0.25, 0.3) is 0 Å². The number of piperazine rings is 1. The number of benzene rings is 1. The minimum Gasteiger partial charge on any atom is -0.497 e. The summed E-state index contributed by atoms with van der Waals surface area (Å²) in [6, 6.07) is 6.70. The second-order valence-corrected chi connectivity index (χ2v) is 8.15. The first-order valence-corrected chi connectivity index (χ1v) is 9.89. The number of carbonyl (C=O) groups is 1. The maximum atomic E-state index is 13.1. The van der Waals surface area contributed by atoms with E-state index in [-0.39, 0.29) is 24.1 Å². The van der Waals surface area contributed by atoms with Gasteiger partial charge in [0.2, 0.25) is 5.91 Å². The van der Waals surface area contributed by atoms with E-state index in [1.54, 1.807) is 7.11 Å². The summed E-state index contributed by atoms with van der Waals surface area (Å²) in [5, 5.41) is 0. The summed E-state index contributed by atoms with van der Waals surface area (Å²) in [7, 11) is 1.70. The van der Waals surface area contributed by atoms with E-state index in [9.17, 15) is 4.79 Å². The Morgan fingerprint density at radius 1 is 1.28 bits per heavy atom. The Balaban J connectivity index is 1.70. The smallest absolute Gasteiger partial charge is 0.241 e. The van der Waals surface area contributed by atoms with Crippen LogP contribution in [0, 0.1) is 0 Å². The predicted molar refractivity (Wildman–Crippen MR) is 98.2 cm³/mol. The molecule has 2 fully saturated rings. The van der Waals surface area contributed by atoms with E-state index < -0.39 is 0 Å². The van der Waals surface area contributed by atoms with Crippen molar-refractivity contribution in [2.45, 2.75) is 63.8 Å². The molecule has 2 saturated heterocycles. The summed E-state index contributed by atoms with van der Waals surface area (Å²) >= 11 is 1.40. The van der Waals surface area contributed by atoms with Crippen LogP contribution in [0.2, 0.25) is 0 Å². The van der Waals surface area contributed by atoms with Crippen molar-refractivity contribution in [1.82, 2.24) is 9.21 Å². The molecule has 0 radical (unpaired) electrons. The van der Waals surface area contributed by atoms with Crippen molar-refractivity contribution in [3.8, 4) is 5.75 Å². The number of methoxy groups -OCH3 is 1. The first kappa shape index (κ1) is 17.2. The second-order valence-electron chi connectivity index (χ2n) is 7.38. The van der Waals surface area contributed by atoms with Crippen molar-refractivity contribution in [2.24, 2.45) is 0 Å². The van der Waals surface area contributed by atoms with Gasteiger partial charge in [0.15, 0.2) is 0 Å². The Hall–Kier alpha value is -1.24. The largest absolute Gasteiger partial charge is 0.497 e. The minimum absolute atomic E-state index is 0.0430. The maximum Gasteiger partial charge on any atom is 0.241 e. The van der Waals surface area contributed by atoms with Crippen molar-refractivity contribution in [3.05, 3.63) is 29.3 Å². The molecule has 0 spiro atoms. The van der Waals surface area contributed by atoms with Gasteiger partial charge in [0.05, 0.1) is 31.5 Å². The van der Waals surface area contributed by atoms with Crippen LogP contribution in [0.4, 0.5) is 0 Å². The highest BCUT2D eigenvalue weighted by Gasteiger charge is 2.51.